The molecule has 4 aromatic carbocycles. The quantitative estimate of drug-likeness (QED) is 0.101. The Morgan fingerprint density at radius 1 is 0.833 bits per heavy atom. The molecule has 0 saturated heterocycles. The zero-order valence-corrected chi connectivity index (χ0v) is 23.6. The molecule has 6 nitrogen and oxygen atoms in total. The van der Waals surface area contributed by atoms with Gasteiger partial charge in [-0.05, 0) is 69.3 Å². The van der Waals surface area contributed by atoms with Crippen LogP contribution in [-0.4, -0.2) is 23.3 Å². The van der Waals surface area contributed by atoms with Crippen LogP contribution in [-0.2, 0) is 9.53 Å². The Morgan fingerprint density at radius 3 is 2.00 bits per heavy atom. The first-order valence-corrected chi connectivity index (χ1v) is 13.3. The average Bonchev–Trinajstić information content (AvgIpc) is 3.00. The van der Waals surface area contributed by atoms with E-state index in [4.69, 9.17) is 10.5 Å². The number of aromatic amines is 1. The number of aromatic nitrogens is 1. The van der Waals surface area contributed by atoms with Crippen molar-refractivity contribution in [3.05, 3.63) is 136 Å². The van der Waals surface area contributed by atoms with Crippen molar-refractivity contribution in [2.45, 2.75) is 20.8 Å². The molecule has 0 saturated carbocycles. The number of nitrogens with one attached hydrogen (secondary N) is 1. The van der Waals surface area contributed by atoms with E-state index in [1.165, 1.54) is 31.2 Å². The number of fused-ring (bicyclic) bond motifs is 1. The summed E-state index contributed by atoms with van der Waals surface area (Å²) >= 11 is 0. The summed E-state index contributed by atoms with van der Waals surface area (Å²) < 4.78 is 31.8. The number of nitrogens with two attached hydrogens (primary N) is 1. The first-order valence-electron chi connectivity index (χ1n) is 13.3. The molecule has 8 heteroatoms. The van der Waals surface area contributed by atoms with Gasteiger partial charge in [0.1, 0.15) is 17.6 Å². The highest BCUT2D eigenvalue weighted by molar-refractivity contribution is 6.08. The number of halogens is 2. The number of nitrogen functional groups attached to an aromatic ring is 1. The third-order valence-corrected chi connectivity index (χ3v) is 6.26. The highest BCUT2D eigenvalue weighted by atomic mass is 19.1. The minimum Gasteiger partial charge on any atom is -0.465 e. The molecule has 3 N–H and O–H groups in total. The minimum absolute atomic E-state index is 0.0624. The van der Waals surface area contributed by atoms with Crippen LogP contribution in [0.2, 0.25) is 0 Å². The standard InChI is InChI=1S/C16H12FNO.C12H13FO3.C6H7N/c1-10-15(11-6-2-4-8-13(11)17)18-14-9-5-3-7-12(14)16(10)19;1-3-16-12(15)8(2)11(14)9-6-4-5-7-10(9)13;7-6-4-2-1-3-5-6/h2-9H,1H3,(H,18,19);4-8H,3H2,1-2H3;1-5H,7H2. The number of anilines is 1. The number of carbonyl (C=O) groups is 2. The van der Waals surface area contributed by atoms with Crippen LogP contribution in [0.25, 0.3) is 22.2 Å². The SMILES string of the molecule is CCOC(=O)C(C)C(=O)c1ccccc1F.Cc1c(-c2ccccc2F)[nH]c2ccccc2c1=O.Nc1ccccc1. The highest BCUT2D eigenvalue weighted by Crippen LogP contribution is 2.24. The number of hydrogen-bond donors (Lipinski definition) is 2. The van der Waals surface area contributed by atoms with Crippen LogP contribution < -0.4 is 11.2 Å². The van der Waals surface area contributed by atoms with Crippen LogP contribution in [0.15, 0.2) is 108 Å². The van der Waals surface area contributed by atoms with Gasteiger partial charge in [0.2, 0.25) is 0 Å². The lowest BCUT2D eigenvalue weighted by Gasteiger charge is -2.09. The summed E-state index contributed by atoms with van der Waals surface area (Å²) in [6, 6.07) is 28.8. The second kappa shape index (κ2) is 15.0. The molecular weight excluding hydrogens is 538 g/mol. The fourth-order valence-corrected chi connectivity index (χ4v) is 3.99. The number of benzene rings is 4. The number of hydrogen-bond acceptors (Lipinski definition) is 5. The van der Waals surface area contributed by atoms with Crippen molar-refractivity contribution in [1.82, 2.24) is 4.98 Å². The van der Waals surface area contributed by atoms with E-state index in [-0.39, 0.29) is 23.4 Å². The number of para-hydroxylation sites is 2. The summed E-state index contributed by atoms with van der Waals surface area (Å²) in [5.41, 5.74) is 8.25. The average molecular weight is 571 g/mol. The number of H-pyrrole nitrogens is 1. The van der Waals surface area contributed by atoms with Crippen LogP contribution in [0.3, 0.4) is 0 Å². The highest BCUT2D eigenvalue weighted by Gasteiger charge is 2.25. The van der Waals surface area contributed by atoms with Crippen LogP contribution in [0, 0.1) is 24.5 Å². The van der Waals surface area contributed by atoms with E-state index < -0.39 is 23.5 Å². The normalized spacial score (nSPS) is 10.9. The van der Waals surface area contributed by atoms with Gasteiger partial charge >= 0.3 is 5.97 Å². The summed E-state index contributed by atoms with van der Waals surface area (Å²) in [5.74, 6) is -3.12. The molecule has 0 aliphatic heterocycles. The second-order valence-electron chi connectivity index (χ2n) is 9.21. The summed E-state index contributed by atoms with van der Waals surface area (Å²) in [4.78, 5) is 38.5. The topological polar surface area (TPSA) is 102 Å². The number of ketones is 1. The van der Waals surface area contributed by atoms with Crippen molar-refractivity contribution in [3.8, 4) is 11.3 Å². The Labute approximate surface area is 242 Å². The largest absolute Gasteiger partial charge is 0.465 e. The maximum absolute atomic E-state index is 13.9. The van der Waals surface area contributed by atoms with Gasteiger partial charge in [-0.3, -0.25) is 14.4 Å². The molecule has 0 radical (unpaired) electrons. The van der Waals surface area contributed by atoms with Crippen molar-refractivity contribution in [3.63, 3.8) is 0 Å². The number of pyridine rings is 1. The van der Waals surface area contributed by atoms with E-state index in [0.29, 0.717) is 22.2 Å². The van der Waals surface area contributed by atoms with Crippen molar-refractivity contribution in [1.29, 1.82) is 0 Å². The van der Waals surface area contributed by atoms with Crippen molar-refractivity contribution in [2.24, 2.45) is 5.92 Å². The third kappa shape index (κ3) is 7.97. The van der Waals surface area contributed by atoms with Gasteiger partial charge in [-0.15, -0.1) is 0 Å². The molecule has 5 rings (SSSR count). The zero-order valence-electron chi connectivity index (χ0n) is 23.6. The molecule has 216 valence electrons. The van der Waals surface area contributed by atoms with Gasteiger partial charge in [0.05, 0.1) is 17.9 Å². The van der Waals surface area contributed by atoms with Gasteiger partial charge in [0.25, 0.3) is 0 Å². The maximum Gasteiger partial charge on any atom is 0.316 e. The number of carbonyl (C=O) groups excluding carboxylic acids is 2. The predicted molar refractivity (Wildman–Crippen MR) is 162 cm³/mol. The molecule has 0 aliphatic rings. The van der Waals surface area contributed by atoms with Crippen molar-refractivity contribution < 1.29 is 23.1 Å². The fourth-order valence-electron chi connectivity index (χ4n) is 3.99. The number of ether oxygens (including phenoxy) is 1. The molecule has 1 aromatic heterocycles. The molecule has 1 atom stereocenters. The van der Waals surface area contributed by atoms with Crippen molar-refractivity contribution in [2.75, 3.05) is 12.3 Å². The van der Waals surface area contributed by atoms with Crippen LogP contribution in [0.1, 0.15) is 29.8 Å². The Balaban J connectivity index is 0.000000190. The lowest BCUT2D eigenvalue weighted by Crippen LogP contribution is -2.24. The number of rotatable bonds is 5. The van der Waals surface area contributed by atoms with E-state index in [2.05, 4.69) is 4.98 Å². The summed E-state index contributed by atoms with van der Waals surface area (Å²) in [6.45, 7) is 4.98. The predicted octanol–water partition coefficient (Wildman–Crippen LogP) is 7.12. The van der Waals surface area contributed by atoms with Gasteiger partial charge in [-0.25, -0.2) is 8.78 Å². The van der Waals surface area contributed by atoms with Crippen LogP contribution in [0.5, 0.6) is 0 Å². The molecule has 0 spiro atoms. The summed E-state index contributed by atoms with van der Waals surface area (Å²) in [6.07, 6.45) is 0. The summed E-state index contributed by atoms with van der Waals surface area (Å²) in [5, 5.41) is 0.625. The minimum atomic E-state index is -0.975. The second-order valence-corrected chi connectivity index (χ2v) is 9.21. The number of esters is 1. The Bertz CT molecular complexity index is 1720. The molecule has 42 heavy (non-hydrogen) atoms. The smallest absolute Gasteiger partial charge is 0.316 e. The molecule has 0 aliphatic carbocycles. The number of Topliss-reactive ketones (excluding diaryl/α,β-unsaturated/α-hetero) is 1. The molecule has 1 heterocycles. The molecule has 1 unspecified atom stereocenters. The Morgan fingerprint density at radius 2 is 1.40 bits per heavy atom. The monoisotopic (exact) mass is 570 g/mol. The zero-order chi connectivity index (χ0) is 30.6. The molecule has 0 fully saturated rings. The van der Waals surface area contributed by atoms with Crippen LogP contribution in [0.4, 0.5) is 14.5 Å². The molecule has 0 bridgehead atoms. The fraction of sp³-hybridized carbons (Fsp3) is 0.147. The Kier molecular flexibility index (Phi) is 11.3. The lowest BCUT2D eigenvalue weighted by atomic mass is 9.99. The molecule has 0 amide bonds. The van der Waals surface area contributed by atoms with E-state index in [1.807, 2.05) is 48.5 Å². The first kappa shape index (κ1) is 31.4. The van der Waals surface area contributed by atoms with E-state index in [0.717, 1.165) is 11.2 Å². The molecule has 5 aromatic rings. The van der Waals surface area contributed by atoms with Gasteiger partial charge < -0.3 is 15.5 Å². The molecular formula is C34H32F2N2O4. The first-order chi connectivity index (χ1) is 20.1. The Hall–Kier alpha value is -5.11. The van der Waals surface area contributed by atoms with Crippen LogP contribution >= 0.6 is 0 Å². The van der Waals surface area contributed by atoms with Gasteiger partial charge in [-0.2, -0.15) is 0 Å². The van der Waals surface area contributed by atoms with E-state index >= 15 is 0 Å². The van der Waals surface area contributed by atoms with Crippen molar-refractivity contribution >= 4 is 28.3 Å². The lowest BCUT2D eigenvalue weighted by molar-refractivity contribution is -0.145. The maximum atomic E-state index is 13.9. The van der Waals surface area contributed by atoms with E-state index in [1.54, 1.807) is 44.2 Å². The summed E-state index contributed by atoms with van der Waals surface area (Å²) in [7, 11) is 0. The van der Waals surface area contributed by atoms with Gasteiger partial charge in [-0.1, -0.05) is 54.6 Å². The van der Waals surface area contributed by atoms with Gasteiger partial charge in [0.15, 0.2) is 11.2 Å². The third-order valence-electron chi connectivity index (χ3n) is 6.26. The van der Waals surface area contributed by atoms with E-state index in [9.17, 15) is 23.2 Å². The van der Waals surface area contributed by atoms with Gasteiger partial charge in [0, 0.05) is 27.7 Å².